The van der Waals surface area contributed by atoms with E-state index in [2.05, 4.69) is 0 Å². The summed E-state index contributed by atoms with van der Waals surface area (Å²) in [5.74, 6) is 0.565. The monoisotopic (exact) mass is 289 g/mol. The lowest BCUT2D eigenvalue weighted by Crippen LogP contribution is -2.47. The highest BCUT2D eigenvalue weighted by atomic mass is 32.2. The Morgan fingerprint density at radius 3 is 2.47 bits per heavy atom. The van der Waals surface area contributed by atoms with E-state index in [-0.39, 0.29) is 0 Å². The van der Waals surface area contributed by atoms with Crippen molar-refractivity contribution >= 4 is 15.8 Å². The summed E-state index contributed by atoms with van der Waals surface area (Å²) in [5, 5.41) is 8.21. The molecule has 2 unspecified atom stereocenters. The van der Waals surface area contributed by atoms with E-state index in [0.29, 0.717) is 18.0 Å². The molecule has 0 aromatic heterocycles. The minimum Gasteiger partial charge on any atom is -0.497 e. The van der Waals surface area contributed by atoms with Crippen LogP contribution >= 0.6 is 0 Å². The largest absolute Gasteiger partial charge is 0.497 e. The van der Waals surface area contributed by atoms with Crippen LogP contribution in [0.1, 0.15) is 13.8 Å². The summed E-state index contributed by atoms with van der Waals surface area (Å²) >= 11 is 0. The first-order valence-corrected chi connectivity index (χ1v) is 7.36. The smallest absolute Gasteiger partial charge is 0.288 e. The molecule has 6 nitrogen and oxygen atoms in total. The van der Waals surface area contributed by atoms with Gasteiger partial charge in [0.2, 0.25) is 0 Å². The topological polar surface area (TPSA) is 87.1 Å². The predicted octanol–water partition coefficient (Wildman–Crippen LogP) is 1.12. The van der Waals surface area contributed by atoms with Gasteiger partial charge < -0.3 is 14.7 Å². The second-order valence-electron chi connectivity index (χ2n) is 4.13. The molecule has 0 radical (unpaired) electrons. The van der Waals surface area contributed by atoms with Crippen molar-refractivity contribution in [2.75, 3.05) is 18.6 Å². The van der Waals surface area contributed by atoms with Crippen LogP contribution in [0.4, 0.5) is 5.69 Å². The Balaban J connectivity index is 3.23. The molecule has 0 aliphatic carbocycles. The molecular weight excluding hydrogens is 270 g/mol. The van der Waals surface area contributed by atoms with E-state index >= 15 is 0 Å². The molecule has 0 bridgehead atoms. The lowest BCUT2D eigenvalue weighted by molar-refractivity contribution is 0.181. The number of aliphatic hydroxyl groups excluding tert-OH is 1. The van der Waals surface area contributed by atoms with Crippen LogP contribution in [0.25, 0.3) is 0 Å². The minimum absolute atomic E-state index is 0.308. The third-order valence-corrected chi connectivity index (χ3v) is 4.01. The molecule has 1 rings (SSSR count). The maximum atomic E-state index is 11.4. The second kappa shape index (κ2) is 6.23. The van der Waals surface area contributed by atoms with E-state index in [4.69, 9.17) is 4.74 Å². The molecule has 0 spiro atoms. The Morgan fingerprint density at radius 2 is 2.05 bits per heavy atom. The maximum absolute atomic E-state index is 11.4. The zero-order valence-corrected chi connectivity index (χ0v) is 12.0. The highest BCUT2D eigenvalue weighted by Gasteiger charge is 2.34. The van der Waals surface area contributed by atoms with E-state index in [1.165, 1.54) is 18.9 Å². The van der Waals surface area contributed by atoms with Crippen LogP contribution in [0.15, 0.2) is 24.3 Å². The molecule has 0 amide bonds. The van der Waals surface area contributed by atoms with E-state index in [1.54, 1.807) is 31.2 Å². The molecule has 1 aromatic rings. The van der Waals surface area contributed by atoms with Crippen molar-refractivity contribution in [2.24, 2.45) is 0 Å². The zero-order valence-electron chi connectivity index (χ0n) is 11.1. The highest BCUT2D eigenvalue weighted by Crippen LogP contribution is 2.25. The van der Waals surface area contributed by atoms with Crippen LogP contribution < -0.4 is 9.64 Å². The standard InChI is InChI=1S/C12H19NO5S/c1-4-13(12(9(2)14)19(15,16)17)10-6-5-7-11(8-10)18-3/h5-9,12,14H,4H2,1-3H3,(H,15,16,17). The van der Waals surface area contributed by atoms with Crippen LogP contribution in [-0.4, -0.2) is 43.2 Å². The molecule has 0 aliphatic heterocycles. The molecule has 0 fully saturated rings. The van der Waals surface area contributed by atoms with Crippen LogP contribution in [0.3, 0.4) is 0 Å². The van der Waals surface area contributed by atoms with E-state index in [9.17, 15) is 18.1 Å². The van der Waals surface area contributed by atoms with Gasteiger partial charge in [-0.3, -0.25) is 4.55 Å². The van der Waals surface area contributed by atoms with Gasteiger partial charge in [-0.25, -0.2) is 0 Å². The number of ether oxygens (including phenoxy) is 1. The quantitative estimate of drug-likeness (QED) is 0.763. The molecule has 19 heavy (non-hydrogen) atoms. The fraction of sp³-hybridized carbons (Fsp3) is 0.500. The molecular formula is C12H19NO5S. The molecule has 108 valence electrons. The predicted molar refractivity (Wildman–Crippen MR) is 73.0 cm³/mol. The number of benzene rings is 1. The molecule has 7 heteroatoms. The fourth-order valence-electron chi connectivity index (χ4n) is 1.97. The molecule has 0 saturated carbocycles. The van der Waals surface area contributed by atoms with Crippen LogP contribution in [0.5, 0.6) is 5.75 Å². The number of anilines is 1. The van der Waals surface area contributed by atoms with Crippen molar-refractivity contribution in [2.45, 2.75) is 25.3 Å². The molecule has 1 aromatic carbocycles. The van der Waals surface area contributed by atoms with Crippen LogP contribution in [-0.2, 0) is 10.1 Å². The summed E-state index contributed by atoms with van der Waals surface area (Å²) in [6, 6.07) is 6.76. The van der Waals surface area contributed by atoms with Crippen molar-refractivity contribution in [1.29, 1.82) is 0 Å². The van der Waals surface area contributed by atoms with Gasteiger partial charge in [0.15, 0.2) is 5.37 Å². The average molecular weight is 289 g/mol. The molecule has 2 atom stereocenters. The number of hydrogen-bond donors (Lipinski definition) is 2. The van der Waals surface area contributed by atoms with Gasteiger partial charge in [-0.05, 0) is 26.0 Å². The highest BCUT2D eigenvalue weighted by molar-refractivity contribution is 7.86. The van der Waals surface area contributed by atoms with Crippen molar-refractivity contribution in [3.05, 3.63) is 24.3 Å². The van der Waals surface area contributed by atoms with Gasteiger partial charge in [-0.15, -0.1) is 0 Å². The summed E-state index contributed by atoms with van der Waals surface area (Å²) in [5.41, 5.74) is 0.547. The first-order chi connectivity index (χ1) is 8.81. The van der Waals surface area contributed by atoms with E-state index < -0.39 is 21.6 Å². The summed E-state index contributed by atoms with van der Waals surface area (Å²) in [4.78, 5) is 1.41. The number of methoxy groups -OCH3 is 1. The lowest BCUT2D eigenvalue weighted by atomic mass is 10.2. The van der Waals surface area contributed by atoms with E-state index in [0.717, 1.165) is 0 Å². The number of likely N-dealkylation sites (N-methyl/N-ethyl adjacent to an activating group) is 1. The van der Waals surface area contributed by atoms with Crippen molar-refractivity contribution in [3.63, 3.8) is 0 Å². The van der Waals surface area contributed by atoms with Gasteiger partial charge in [0, 0.05) is 18.3 Å². The first kappa shape index (κ1) is 15.7. The van der Waals surface area contributed by atoms with Crippen molar-refractivity contribution in [1.82, 2.24) is 0 Å². The number of nitrogens with zero attached hydrogens (tertiary/aromatic N) is 1. The molecule has 0 aliphatic rings. The Bertz CT molecular complexity index is 515. The summed E-state index contributed by atoms with van der Waals surface area (Å²) in [6.45, 7) is 3.36. The molecule has 2 N–H and O–H groups in total. The summed E-state index contributed by atoms with van der Waals surface area (Å²) in [7, 11) is -2.90. The van der Waals surface area contributed by atoms with Crippen LogP contribution in [0.2, 0.25) is 0 Å². The number of hydrogen-bond acceptors (Lipinski definition) is 5. The van der Waals surface area contributed by atoms with Crippen molar-refractivity contribution < 1.29 is 22.8 Å². The average Bonchev–Trinajstić information content (AvgIpc) is 2.33. The third-order valence-electron chi connectivity index (χ3n) is 2.75. The minimum atomic E-state index is -4.41. The van der Waals surface area contributed by atoms with Gasteiger partial charge in [0.25, 0.3) is 10.1 Å². The van der Waals surface area contributed by atoms with Gasteiger partial charge in [-0.2, -0.15) is 8.42 Å². The number of rotatable bonds is 6. The maximum Gasteiger partial charge on any atom is 0.288 e. The van der Waals surface area contributed by atoms with Gasteiger partial charge >= 0.3 is 0 Å². The Hall–Kier alpha value is -1.31. The number of aliphatic hydroxyl groups is 1. The molecule has 0 heterocycles. The van der Waals surface area contributed by atoms with E-state index in [1.807, 2.05) is 0 Å². The SMILES string of the molecule is CCN(c1cccc(OC)c1)C(C(C)O)S(=O)(=O)O. The Labute approximate surface area is 113 Å². The summed E-state index contributed by atoms with van der Waals surface area (Å²) in [6.07, 6.45) is -1.24. The van der Waals surface area contributed by atoms with Gasteiger partial charge in [0.05, 0.1) is 13.2 Å². The normalized spacial score (nSPS) is 14.8. The zero-order chi connectivity index (χ0) is 14.6. The Kier molecular flexibility index (Phi) is 5.16. The second-order valence-corrected chi connectivity index (χ2v) is 5.65. The molecule has 0 saturated heterocycles. The fourth-order valence-corrected chi connectivity index (χ4v) is 3.06. The Morgan fingerprint density at radius 1 is 1.42 bits per heavy atom. The van der Waals surface area contributed by atoms with Crippen LogP contribution in [0, 0.1) is 0 Å². The van der Waals surface area contributed by atoms with Gasteiger partial charge in [-0.1, -0.05) is 6.07 Å². The summed E-state index contributed by atoms with van der Waals surface area (Å²) < 4.78 is 37.2. The third kappa shape index (κ3) is 3.82. The first-order valence-electron chi connectivity index (χ1n) is 5.86. The lowest BCUT2D eigenvalue weighted by Gasteiger charge is -2.32. The van der Waals surface area contributed by atoms with Crippen molar-refractivity contribution in [3.8, 4) is 5.75 Å². The van der Waals surface area contributed by atoms with Gasteiger partial charge in [0.1, 0.15) is 5.75 Å².